The monoisotopic (exact) mass is 334 g/mol. The van der Waals surface area contributed by atoms with Crippen LogP contribution in [-0.4, -0.2) is 27.6 Å². The van der Waals surface area contributed by atoms with Crippen LogP contribution < -0.4 is 4.90 Å². The van der Waals surface area contributed by atoms with E-state index in [4.69, 9.17) is 4.52 Å². The molecule has 0 aliphatic carbocycles. The molecule has 25 heavy (non-hydrogen) atoms. The lowest BCUT2D eigenvalue weighted by Gasteiger charge is -2.19. The fourth-order valence-corrected chi connectivity index (χ4v) is 3.23. The smallest absolute Gasteiger partial charge is 0.232 e. The Morgan fingerprint density at radius 2 is 1.96 bits per heavy atom. The minimum absolute atomic E-state index is 0.0839. The van der Waals surface area contributed by atoms with Crippen LogP contribution in [-0.2, 0) is 4.79 Å². The van der Waals surface area contributed by atoms with Gasteiger partial charge in [-0.3, -0.25) is 9.78 Å². The van der Waals surface area contributed by atoms with Gasteiger partial charge in [-0.1, -0.05) is 22.9 Å². The van der Waals surface area contributed by atoms with Crippen LogP contribution in [0.2, 0.25) is 0 Å². The standard InChI is InChI=1S/C19H18N4O2/c1-12-3-4-16(13(2)9-12)23-11-15(10-17(23)24)19-21-18(22-25-19)14-5-7-20-8-6-14/h3-9,15H,10-11H2,1-2H3. The zero-order chi connectivity index (χ0) is 17.4. The molecule has 0 radical (unpaired) electrons. The average Bonchev–Trinajstić information content (AvgIpc) is 3.23. The number of carbonyl (C=O) groups excluding carboxylic acids is 1. The third kappa shape index (κ3) is 2.91. The van der Waals surface area contributed by atoms with Crippen LogP contribution in [0.5, 0.6) is 0 Å². The Morgan fingerprint density at radius 3 is 2.72 bits per heavy atom. The lowest BCUT2D eigenvalue weighted by atomic mass is 10.1. The highest BCUT2D eigenvalue weighted by atomic mass is 16.5. The Kier molecular flexibility index (Phi) is 3.80. The molecule has 1 aliphatic heterocycles. The first kappa shape index (κ1) is 15.5. The van der Waals surface area contributed by atoms with Crippen LogP contribution in [0, 0.1) is 13.8 Å². The van der Waals surface area contributed by atoms with E-state index >= 15 is 0 Å². The van der Waals surface area contributed by atoms with Crippen molar-refractivity contribution in [2.24, 2.45) is 0 Å². The van der Waals surface area contributed by atoms with Crippen molar-refractivity contribution in [2.75, 3.05) is 11.4 Å². The molecule has 1 unspecified atom stereocenters. The molecule has 1 saturated heterocycles. The number of amides is 1. The van der Waals surface area contributed by atoms with Gasteiger partial charge in [0.25, 0.3) is 0 Å². The number of pyridine rings is 1. The zero-order valence-corrected chi connectivity index (χ0v) is 14.1. The molecule has 2 aromatic heterocycles. The molecule has 1 aromatic carbocycles. The van der Waals surface area contributed by atoms with E-state index in [1.807, 2.05) is 43.0 Å². The molecule has 0 bridgehead atoms. The number of aryl methyl sites for hydroxylation is 2. The topological polar surface area (TPSA) is 72.1 Å². The van der Waals surface area contributed by atoms with Crippen LogP contribution in [0.4, 0.5) is 5.69 Å². The van der Waals surface area contributed by atoms with Crippen LogP contribution in [0.3, 0.4) is 0 Å². The molecule has 6 heteroatoms. The van der Waals surface area contributed by atoms with Crippen molar-refractivity contribution in [1.29, 1.82) is 0 Å². The van der Waals surface area contributed by atoms with E-state index in [0.29, 0.717) is 24.7 Å². The number of hydrogen-bond acceptors (Lipinski definition) is 5. The quantitative estimate of drug-likeness (QED) is 0.735. The summed E-state index contributed by atoms with van der Waals surface area (Å²) in [6.45, 7) is 4.63. The number of anilines is 1. The maximum absolute atomic E-state index is 12.5. The molecule has 0 spiro atoms. The summed E-state index contributed by atoms with van der Waals surface area (Å²) < 4.78 is 5.42. The largest absolute Gasteiger partial charge is 0.339 e. The molecule has 0 saturated carbocycles. The molecule has 3 aromatic rings. The van der Waals surface area contributed by atoms with Gasteiger partial charge in [-0.05, 0) is 37.6 Å². The molecule has 6 nitrogen and oxygen atoms in total. The van der Waals surface area contributed by atoms with Gasteiger partial charge >= 0.3 is 0 Å². The van der Waals surface area contributed by atoms with Gasteiger partial charge in [0.1, 0.15) is 0 Å². The van der Waals surface area contributed by atoms with E-state index in [0.717, 1.165) is 16.8 Å². The molecule has 1 atom stereocenters. The molecular formula is C19H18N4O2. The van der Waals surface area contributed by atoms with Gasteiger partial charge in [-0.25, -0.2) is 0 Å². The highest BCUT2D eigenvalue weighted by Gasteiger charge is 2.35. The molecule has 1 amide bonds. The number of carbonyl (C=O) groups is 1. The van der Waals surface area contributed by atoms with Gasteiger partial charge in [0.2, 0.25) is 17.6 Å². The number of aromatic nitrogens is 3. The molecule has 4 rings (SSSR count). The number of hydrogen-bond donors (Lipinski definition) is 0. The van der Waals surface area contributed by atoms with Crippen molar-refractivity contribution in [3.05, 3.63) is 59.7 Å². The Morgan fingerprint density at radius 1 is 1.16 bits per heavy atom. The van der Waals surface area contributed by atoms with Gasteiger partial charge < -0.3 is 9.42 Å². The molecule has 126 valence electrons. The van der Waals surface area contributed by atoms with Gasteiger partial charge in [0, 0.05) is 36.6 Å². The number of nitrogens with zero attached hydrogens (tertiary/aromatic N) is 4. The summed E-state index contributed by atoms with van der Waals surface area (Å²) in [5.74, 6) is 1.03. The molecule has 1 aliphatic rings. The second-order valence-electron chi connectivity index (χ2n) is 6.39. The number of benzene rings is 1. The van der Waals surface area contributed by atoms with Crippen molar-refractivity contribution < 1.29 is 9.32 Å². The Balaban J connectivity index is 1.57. The van der Waals surface area contributed by atoms with Crippen LogP contribution >= 0.6 is 0 Å². The molecule has 3 heterocycles. The third-order valence-electron chi connectivity index (χ3n) is 4.50. The van der Waals surface area contributed by atoms with Crippen molar-refractivity contribution in [3.8, 4) is 11.4 Å². The molecule has 0 N–H and O–H groups in total. The highest BCUT2D eigenvalue weighted by Crippen LogP contribution is 2.33. The first-order valence-electron chi connectivity index (χ1n) is 8.23. The summed E-state index contributed by atoms with van der Waals surface area (Å²) in [6, 6.07) is 9.77. The lowest BCUT2D eigenvalue weighted by molar-refractivity contribution is -0.117. The van der Waals surface area contributed by atoms with Crippen molar-refractivity contribution >= 4 is 11.6 Å². The van der Waals surface area contributed by atoms with Gasteiger partial charge in [-0.2, -0.15) is 4.98 Å². The van der Waals surface area contributed by atoms with E-state index in [1.165, 1.54) is 5.56 Å². The van der Waals surface area contributed by atoms with E-state index < -0.39 is 0 Å². The fraction of sp³-hybridized carbons (Fsp3) is 0.263. The highest BCUT2D eigenvalue weighted by molar-refractivity contribution is 5.97. The van der Waals surface area contributed by atoms with E-state index in [1.54, 1.807) is 12.4 Å². The second kappa shape index (κ2) is 6.12. The van der Waals surface area contributed by atoms with Crippen molar-refractivity contribution in [3.63, 3.8) is 0 Å². The molecular weight excluding hydrogens is 316 g/mol. The molecule has 1 fully saturated rings. The third-order valence-corrected chi connectivity index (χ3v) is 4.50. The summed E-state index contributed by atoms with van der Waals surface area (Å²) in [6.07, 6.45) is 3.75. The first-order chi connectivity index (χ1) is 12.1. The summed E-state index contributed by atoms with van der Waals surface area (Å²) in [5, 5.41) is 4.04. The Labute approximate surface area is 145 Å². The SMILES string of the molecule is Cc1ccc(N2CC(c3nc(-c4ccncc4)no3)CC2=O)c(C)c1. The minimum atomic E-state index is -0.0868. The maximum atomic E-state index is 12.5. The van der Waals surface area contributed by atoms with E-state index in [2.05, 4.69) is 21.2 Å². The normalized spacial score (nSPS) is 17.3. The average molecular weight is 334 g/mol. The Bertz CT molecular complexity index is 920. The lowest BCUT2D eigenvalue weighted by Crippen LogP contribution is -2.25. The summed E-state index contributed by atoms with van der Waals surface area (Å²) in [5.41, 5.74) is 4.08. The first-order valence-corrected chi connectivity index (χ1v) is 8.23. The minimum Gasteiger partial charge on any atom is -0.339 e. The van der Waals surface area contributed by atoms with Crippen LogP contribution in [0.15, 0.2) is 47.2 Å². The van der Waals surface area contributed by atoms with Crippen molar-refractivity contribution in [1.82, 2.24) is 15.1 Å². The van der Waals surface area contributed by atoms with Crippen LogP contribution in [0.1, 0.15) is 29.4 Å². The van der Waals surface area contributed by atoms with Crippen molar-refractivity contribution in [2.45, 2.75) is 26.2 Å². The predicted molar refractivity (Wildman–Crippen MR) is 93.2 cm³/mol. The van der Waals surface area contributed by atoms with Gasteiger partial charge in [0.15, 0.2) is 0 Å². The predicted octanol–water partition coefficient (Wildman–Crippen LogP) is 3.27. The Hall–Kier alpha value is -3.02. The van der Waals surface area contributed by atoms with E-state index in [9.17, 15) is 4.79 Å². The summed E-state index contributed by atoms with van der Waals surface area (Å²) >= 11 is 0. The zero-order valence-electron chi connectivity index (χ0n) is 14.1. The second-order valence-corrected chi connectivity index (χ2v) is 6.39. The fourth-order valence-electron chi connectivity index (χ4n) is 3.23. The van der Waals surface area contributed by atoms with Gasteiger partial charge in [-0.15, -0.1) is 0 Å². The number of rotatable bonds is 3. The summed E-state index contributed by atoms with van der Waals surface area (Å²) in [4.78, 5) is 22.8. The maximum Gasteiger partial charge on any atom is 0.232 e. The van der Waals surface area contributed by atoms with E-state index in [-0.39, 0.29) is 11.8 Å². The summed E-state index contributed by atoms with van der Waals surface area (Å²) in [7, 11) is 0. The van der Waals surface area contributed by atoms with Crippen LogP contribution in [0.25, 0.3) is 11.4 Å². The van der Waals surface area contributed by atoms with Gasteiger partial charge in [0.05, 0.1) is 5.92 Å².